The first-order valence-electron chi connectivity index (χ1n) is 9.92. The Bertz CT molecular complexity index is 1240. The van der Waals surface area contributed by atoms with Gasteiger partial charge in [0.05, 0.1) is 24.1 Å². The third kappa shape index (κ3) is 5.82. The molecule has 0 spiro atoms. The quantitative estimate of drug-likeness (QED) is 0.495. The number of aliphatic hydroxyl groups is 1. The fourth-order valence-electron chi connectivity index (χ4n) is 2.94. The van der Waals surface area contributed by atoms with Crippen molar-refractivity contribution in [2.24, 2.45) is 0 Å². The van der Waals surface area contributed by atoms with Crippen molar-refractivity contribution < 1.29 is 23.4 Å². The fraction of sp³-hybridized carbons (Fsp3) is 0.261. The van der Waals surface area contributed by atoms with E-state index in [9.17, 15) is 23.5 Å². The second-order valence-electron chi connectivity index (χ2n) is 7.88. The van der Waals surface area contributed by atoms with E-state index in [1.165, 1.54) is 30.7 Å². The SMILES string of the molecule is Cc1cc(OCc2ccc(F)cc2F)c(Br)c(=O)n1-c1ccc(CNC(=O)C(C)(C)O)nc1. The van der Waals surface area contributed by atoms with E-state index < -0.39 is 28.7 Å². The van der Waals surface area contributed by atoms with Crippen LogP contribution < -0.4 is 15.6 Å². The lowest BCUT2D eigenvalue weighted by Gasteiger charge is -2.17. The van der Waals surface area contributed by atoms with E-state index in [1.807, 2.05) is 0 Å². The molecule has 0 aliphatic heterocycles. The molecule has 0 unspecified atom stereocenters. The van der Waals surface area contributed by atoms with Crippen LogP contribution in [0.15, 0.2) is 51.9 Å². The van der Waals surface area contributed by atoms with Crippen molar-refractivity contribution in [3.05, 3.63) is 86.0 Å². The summed E-state index contributed by atoms with van der Waals surface area (Å²) in [5.74, 6) is -1.73. The van der Waals surface area contributed by atoms with Crippen molar-refractivity contribution in [3.8, 4) is 11.4 Å². The minimum atomic E-state index is -1.50. The van der Waals surface area contributed by atoms with Gasteiger partial charge in [0.15, 0.2) is 0 Å². The minimum Gasteiger partial charge on any atom is -0.487 e. The number of hydrogen-bond acceptors (Lipinski definition) is 5. The van der Waals surface area contributed by atoms with Crippen LogP contribution in [-0.4, -0.2) is 26.2 Å². The van der Waals surface area contributed by atoms with Gasteiger partial charge in [-0.25, -0.2) is 8.78 Å². The molecule has 0 fully saturated rings. The van der Waals surface area contributed by atoms with E-state index >= 15 is 0 Å². The van der Waals surface area contributed by atoms with Gasteiger partial charge in [-0.1, -0.05) is 0 Å². The van der Waals surface area contributed by atoms with E-state index in [-0.39, 0.29) is 28.9 Å². The summed E-state index contributed by atoms with van der Waals surface area (Å²) in [5, 5.41) is 12.3. The zero-order chi connectivity index (χ0) is 24.3. The minimum absolute atomic E-state index is 0.118. The maximum Gasteiger partial charge on any atom is 0.273 e. The van der Waals surface area contributed by atoms with Crippen molar-refractivity contribution in [1.29, 1.82) is 0 Å². The molecule has 0 saturated carbocycles. The Hall–Kier alpha value is -3.11. The molecule has 1 aromatic carbocycles. The monoisotopic (exact) mass is 521 g/mol. The summed E-state index contributed by atoms with van der Waals surface area (Å²) in [5.41, 5.74) is -0.170. The van der Waals surface area contributed by atoms with E-state index in [1.54, 1.807) is 25.1 Å². The van der Waals surface area contributed by atoms with Gasteiger partial charge in [0.1, 0.15) is 34.1 Å². The lowest BCUT2D eigenvalue weighted by atomic mass is 10.1. The average molecular weight is 522 g/mol. The largest absolute Gasteiger partial charge is 0.487 e. The maximum absolute atomic E-state index is 13.8. The number of carbonyl (C=O) groups excluding carboxylic acids is 1. The topological polar surface area (TPSA) is 93.5 Å². The van der Waals surface area contributed by atoms with Gasteiger partial charge in [0.2, 0.25) is 0 Å². The number of benzene rings is 1. The summed E-state index contributed by atoms with van der Waals surface area (Å²) in [6.45, 7) is 4.41. The molecule has 0 atom stereocenters. The van der Waals surface area contributed by atoms with E-state index in [0.717, 1.165) is 12.1 Å². The zero-order valence-corrected chi connectivity index (χ0v) is 19.7. The number of carbonyl (C=O) groups is 1. The van der Waals surface area contributed by atoms with Crippen LogP contribution >= 0.6 is 15.9 Å². The molecule has 0 radical (unpaired) electrons. The van der Waals surface area contributed by atoms with Gasteiger partial charge in [-0.05, 0) is 61.0 Å². The molecule has 3 aromatic rings. The Balaban J connectivity index is 1.78. The molecule has 0 saturated heterocycles. The van der Waals surface area contributed by atoms with Crippen LogP contribution in [0.5, 0.6) is 5.75 Å². The van der Waals surface area contributed by atoms with Gasteiger partial charge in [-0.2, -0.15) is 0 Å². The van der Waals surface area contributed by atoms with E-state index in [4.69, 9.17) is 4.74 Å². The number of halogens is 3. The number of rotatable bonds is 7. The van der Waals surface area contributed by atoms with E-state index in [0.29, 0.717) is 17.1 Å². The lowest BCUT2D eigenvalue weighted by molar-refractivity contribution is -0.136. The molecular formula is C23H22BrF2N3O4. The molecule has 10 heteroatoms. The molecular weight excluding hydrogens is 500 g/mol. The average Bonchev–Trinajstić information content (AvgIpc) is 2.75. The van der Waals surface area contributed by atoms with Crippen LogP contribution in [0.4, 0.5) is 8.78 Å². The first-order chi connectivity index (χ1) is 15.5. The molecule has 174 valence electrons. The normalized spacial score (nSPS) is 11.4. The number of aromatic nitrogens is 2. The predicted molar refractivity (Wildman–Crippen MR) is 121 cm³/mol. The van der Waals surface area contributed by atoms with Gasteiger partial charge in [0.25, 0.3) is 11.5 Å². The van der Waals surface area contributed by atoms with Crippen LogP contribution in [0, 0.1) is 18.6 Å². The summed E-state index contributed by atoms with van der Waals surface area (Å²) in [7, 11) is 0. The Labute approximate surface area is 197 Å². The second kappa shape index (κ2) is 9.80. The summed E-state index contributed by atoms with van der Waals surface area (Å²) in [4.78, 5) is 29.0. The summed E-state index contributed by atoms with van der Waals surface area (Å²) in [6.07, 6.45) is 1.49. The molecule has 0 aliphatic rings. The van der Waals surface area contributed by atoms with E-state index in [2.05, 4.69) is 26.2 Å². The Kier molecular flexibility index (Phi) is 7.28. The van der Waals surface area contributed by atoms with Crippen molar-refractivity contribution in [1.82, 2.24) is 14.9 Å². The summed E-state index contributed by atoms with van der Waals surface area (Å²) in [6, 6.07) is 8.13. The number of aryl methyl sites for hydroxylation is 1. The number of nitrogens with one attached hydrogen (secondary N) is 1. The highest BCUT2D eigenvalue weighted by Crippen LogP contribution is 2.25. The zero-order valence-electron chi connectivity index (χ0n) is 18.2. The first-order valence-corrected chi connectivity index (χ1v) is 10.7. The number of pyridine rings is 2. The molecule has 1 amide bonds. The Morgan fingerprint density at radius 3 is 2.58 bits per heavy atom. The standard InChI is InChI=1S/C23H22BrF2N3O4/c1-13-8-19(33-12-14-4-5-15(25)9-18(14)26)20(24)21(30)29(13)17-7-6-16(27-11-17)10-28-22(31)23(2,3)32/h4-9,11,32H,10,12H2,1-3H3,(H,28,31). The van der Waals surface area contributed by atoms with Crippen LogP contribution in [0.1, 0.15) is 30.8 Å². The number of ether oxygens (including phenoxy) is 1. The Morgan fingerprint density at radius 1 is 1.24 bits per heavy atom. The highest BCUT2D eigenvalue weighted by molar-refractivity contribution is 9.10. The van der Waals surface area contributed by atoms with Crippen molar-refractivity contribution in [2.45, 2.75) is 39.5 Å². The maximum atomic E-state index is 13.8. The van der Waals surface area contributed by atoms with Crippen molar-refractivity contribution >= 4 is 21.8 Å². The third-order valence-corrected chi connectivity index (χ3v) is 5.48. The van der Waals surface area contributed by atoms with Gasteiger partial charge in [-0.15, -0.1) is 0 Å². The number of nitrogens with zero attached hydrogens (tertiary/aromatic N) is 2. The summed E-state index contributed by atoms with van der Waals surface area (Å²) < 4.78 is 34.1. The molecule has 7 nitrogen and oxygen atoms in total. The molecule has 3 rings (SSSR count). The van der Waals surface area contributed by atoms with Crippen molar-refractivity contribution in [2.75, 3.05) is 0 Å². The third-order valence-electron chi connectivity index (χ3n) is 4.75. The number of amides is 1. The molecule has 2 N–H and O–H groups in total. The molecule has 2 aromatic heterocycles. The Morgan fingerprint density at radius 2 is 1.97 bits per heavy atom. The van der Waals surface area contributed by atoms with Gasteiger partial charge >= 0.3 is 0 Å². The predicted octanol–water partition coefficient (Wildman–Crippen LogP) is 3.55. The van der Waals surface area contributed by atoms with Crippen LogP contribution in [0.3, 0.4) is 0 Å². The fourth-order valence-corrected chi connectivity index (χ4v) is 3.35. The van der Waals surface area contributed by atoms with Crippen LogP contribution in [0.2, 0.25) is 0 Å². The number of hydrogen-bond donors (Lipinski definition) is 2. The molecule has 33 heavy (non-hydrogen) atoms. The summed E-state index contributed by atoms with van der Waals surface area (Å²) >= 11 is 3.24. The highest BCUT2D eigenvalue weighted by Gasteiger charge is 2.23. The lowest BCUT2D eigenvalue weighted by Crippen LogP contribution is -2.41. The van der Waals surface area contributed by atoms with Gasteiger partial charge < -0.3 is 15.2 Å². The highest BCUT2D eigenvalue weighted by atomic mass is 79.9. The van der Waals surface area contributed by atoms with Crippen LogP contribution in [-0.2, 0) is 17.9 Å². The second-order valence-corrected chi connectivity index (χ2v) is 8.67. The first kappa shape index (κ1) is 24.5. The molecule has 2 heterocycles. The van der Waals surface area contributed by atoms with Gasteiger partial charge in [-0.3, -0.25) is 19.1 Å². The van der Waals surface area contributed by atoms with Gasteiger partial charge in [0, 0.05) is 23.4 Å². The van der Waals surface area contributed by atoms with Crippen molar-refractivity contribution in [3.63, 3.8) is 0 Å². The molecule has 0 bridgehead atoms. The smallest absolute Gasteiger partial charge is 0.273 e. The molecule has 0 aliphatic carbocycles. The van der Waals surface area contributed by atoms with Crippen LogP contribution in [0.25, 0.3) is 5.69 Å².